The van der Waals surface area contributed by atoms with Crippen LogP contribution in [0.4, 0.5) is 30.6 Å². The molecule has 3 amide bonds. The summed E-state index contributed by atoms with van der Waals surface area (Å²) in [5.41, 5.74) is -0.0206. The first-order valence-corrected chi connectivity index (χ1v) is 20.2. The minimum atomic E-state index is -0.838. The number of piperidine rings is 1. The van der Waals surface area contributed by atoms with Gasteiger partial charge in [-0.1, -0.05) is 27.8 Å². The molecule has 2 heterocycles. The lowest BCUT2D eigenvalue weighted by molar-refractivity contribution is -0.588. The van der Waals surface area contributed by atoms with Crippen LogP contribution in [0.2, 0.25) is 10.0 Å². The van der Waals surface area contributed by atoms with E-state index in [0.717, 1.165) is 6.29 Å². The molecule has 0 radical (unpaired) electrons. The molecule has 0 spiro atoms. The summed E-state index contributed by atoms with van der Waals surface area (Å²) in [5.74, 6) is -0.0821. The van der Waals surface area contributed by atoms with Crippen LogP contribution in [0, 0.1) is 5.92 Å². The van der Waals surface area contributed by atoms with Gasteiger partial charge in [-0.25, -0.2) is 14.4 Å². The van der Waals surface area contributed by atoms with Gasteiger partial charge >= 0.3 is 24.4 Å². The Bertz CT molecular complexity index is 1890. The molecule has 1 unspecified atom stereocenters. The van der Waals surface area contributed by atoms with Crippen LogP contribution in [0.3, 0.4) is 0 Å². The number of benzene rings is 2. The first kappa shape index (κ1) is 51.2. The summed E-state index contributed by atoms with van der Waals surface area (Å²) in [5, 5.41) is 17.4. The highest BCUT2D eigenvalue weighted by atomic mass is 35.5. The van der Waals surface area contributed by atoms with E-state index in [0.29, 0.717) is 58.5 Å². The zero-order valence-electron chi connectivity index (χ0n) is 36.7. The second-order valence-electron chi connectivity index (χ2n) is 17.9. The van der Waals surface area contributed by atoms with Crippen LogP contribution >= 0.6 is 23.2 Å². The maximum atomic E-state index is 12.3. The Morgan fingerprint density at radius 2 is 1.17 bits per heavy atom. The van der Waals surface area contributed by atoms with Crippen molar-refractivity contribution in [3.63, 3.8) is 0 Å². The monoisotopic (exact) mass is 875 g/mol. The van der Waals surface area contributed by atoms with Crippen LogP contribution in [-0.4, -0.2) is 76.2 Å². The molecule has 14 nitrogen and oxygen atoms in total. The van der Waals surface area contributed by atoms with Crippen LogP contribution in [-0.2, 0) is 18.9 Å². The molecular formula is C44H61Cl2N4O10+. The molecule has 16 heteroatoms. The molecule has 1 fully saturated rings. The maximum absolute atomic E-state index is 12.3. The van der Waals surface area contributed by atoms with Gasteiger partial charge < -0.3 is 29.0 Å². The Balaban J connectivity index is 0.000000346. The maximum Gasteiger partial charge on any atom is 0.602 e. The normalized spacial score (nSPS) is 13.8. The van der Waals surface area contributed by atoms with E-state index in [2.05, 4.69) is 10.6 Å². The van der Waals surface area contributed by atoms with Crippen molar-refractivity contribution in [2.75, 3.05) is 23.7 Å². The molecule has 2 aromatic carbocycles. The van der Waals surface area contributed by atoms with E-state index in [1.165, 1.54) is 17.0 Å². The smallest absolute Gasteiger partial charge is 0.444 e. The van der Waals surface area contributed by atoms with Gasteiger partial charge in [0.1, 0.15) is 22.4 Å². The molecule has 1 aliphatic heterocycles. The van der Waals surface area contributed by atoms with Crippen molar-refractivity contribution in [3.05, 3.63) is 88.2 Å². The van der Waals surface area contributed by atoms with Crippen molar-refractivity contribution in [2.24, 2.45) is 5.92 Å². The molecule has 60 heavy (non-hydrogen) atoms. The van der Waals surface area contributed by atoms with E-state index < -0.39 is 46.8 Å². The topological polar surface area (TPSA) is 174 Å². The fourth-order valence-corrected chi connectivity index (χ4v) is 5.50. The van der Waals surface area contributed by atoms with E-state index in [9.17, 15) is 29.1 Å². The number of ether oxygens (including phenoxy) is 4. The molecule has 1 saturated heterocycles. The van der Waals surface area contributed by atoms with Crippen molar-refractivity contribution in [2.45, 2.75) is 124 Å². The lowest BCUT2D eigenvalue weighted by atomic mass is 9.87. The first-order chi connectivity index (χ1) is 27.5. The first-order valence-electron chi connectivity index (χ1n) is 19.4. The molecule has 1 aliphatic rings. The highest BCUT2D eigenvalue weighted by Crippen LogP contribution is 2.36. The summed E-state index contributed by atoms with van der Waals surface area (Å²) in [7, 11) is 0. The predicted molar refractivity (Wildman–Crippen MR) is 232 cm³/mol. The van der Waals surface area contributed by atoms with Gasteiger partial charge in [-0.05, 0) is 144 Å². The largest absolute Gasteiger partial charge is 0.602 e. The predicted octanol–water partition coefficient (Wildman–Crippen LogP) is 10.6. The molecule has 0 aliphatic carbocycles. The summed E-state index contributed by atoms with van der Waals surface area (Å²) in [4.78, 5) is 59.4. The Morgan fingerprint density at radius 3 is 1.63 bits per heavy atom. The number of anilines is 2. The van der Waals surface area contributed by atoms with Crippen molar-refractivity contribution in [3.8, 4) is 0 Å². The van der Waals surface area contributed by atoms with Crippen molar-refractivity contribution in [1.29, 1.82) is 0 Å². The number of nitrogens with zero attached hydrogens (tertiary/aromatic N) is 2. The number of carbonyl (C=O) groups is 5. The average Bonchev–Trinajstić information content (AvgIpc) is 3.11. The van der Waals surface area contributed by atoms with Gasteiger partial charge in [0.15, 0.2) is 18.7 Å². The van der Waals surface area contributed by atoms with Crippen molar-refractivity contribution >= 4 is 65.2 Å². The number of aliphatic hydroxyl groups excluding tert-OH is 1. The van der Waals surface area contributed by atoms with E-state index in [4.69, 9.17) is 42.1 Å². The molecular weight excluding hydrogens is 815 g/mol. The zero-order valence-corrected chi connectivity index (χ0v) is 38.2. The molecule has 0 bridgehead atoms. The third kappa shape index (κ3) is 20.4. The van der Waals surface area contributed by atoms with Crippen LogP contribution in [0.1, 0.15) is 118 Å². The summed E-state index contributed by atoms with van der Waals surface area (Å²) in [6, 6.07) is 14.9. The number of carbonyl (C=O) groups excluding carboxylic acids is 5. The molecule has 330 valence electrons. The highest BCUT2D eigenvalue weighted by molar-refractivity contribution is 6.31. The lowest BCUT2D eigenvalue weighted by Gasteiger charge is -2.35. The average molecular weight is 877 g/mol. The van der Waals surface area contributed by atoms with Gasteiger partial charge in [-0.2, -0.15) is 4.79 Å². The van der Waals surface area contributed by atoms with Gasteiger partial charge in [0.25, 0.3) is 0 Å². The van der Waals surface area contributed by atoms with Gasteiger partial charge in [0.2, 0.25) is 0 Å². The molecule has 3 N–H and O–H groups in total. The summed E-state index contributed by atoms with van der Waals surface area (Å²) in [6.45, 7) is 22.7. The summed E-state index contributed by atoms with van der Waals surface area (Å²) in [6.07, 6.45) is 2.23. The third-order valence-electron chi connectivity index (χ3n) is 7.69. The van der Waals surface area contributed by atoms with Gasteiger partial charge in [0.05, 0.1) is 6.10 Å². The van der Waals surface area contributed by atoms with Crippen LogP contribution in [0.25, 0.3) is 0 Å². The minimum absolute atomic E-state index is 0.0821. The van der Waals surface area contributed by atoms with Gasteiger partial charge in [0, 0.05) is 57.8 Å². The Labute approximate surface area is 363 Å². The number of likely N-dealkylation sites (tertiary alicyclic amines) is 1. The number of hydrogen-bond acceptors (Lipinski definition) is 10. The quantitative estimate of drug-likeness (QED) is 0.127. The van der Waals surface area contributed by atoms with Gasteiger partial charge in [-0.3, -0.25) is 15.4 Å². The number of nitrogens with one attached hydrogen (secondary N) is 2. The van der Waals surface area contributed by atoms with E-state index in [1.54, 1.807) is 101 Å². The minimum Gasteiger partial charge on any atom is -0.444 e. The molecule has 1 aromatic heterocycles. The van der Waals surface area contributed by atoms with Crippen LogP contribution in [0.5, 0.6) is 0 Å². The lowest BCUT2D eigenvalue weighted by Crippen LogP contribution is -2.45. The number of aromatic nitrogens is 1. The number of halogens is 2. The summed E-state index contributed by atoms with van der Waals surface area (Å²) < 4.78 is 22.2. The number of aldehydes is 1. The van der Waals surface area contributed by atoms with Crippen LogP contribution < -0.4 is 15.2 Å². The molecule has 0 saturated carbocycles. The van der Waals surface area contributed by atoms with Gasteiger partial charge in [-0.15, -0.1) is 0 Å². The number of pyridine rings is 1. The Morgan fingerprint density at radius 1 is 0.700 bits per heavy atom. The zero-order chi connectivity index (χ0) is 45.6. The second kappa shape index (κ2) is 22.1. The number of aliphatic hydroxyl groups is 1. The fraction of sp³-hybridized carbons (Fsp3) is 0.500. The SMILES string of the molecule is CC(C)(C)OC(=O)Nc1ccc(Cl)cc1.CC(C)(C)OC(=O)Nc1ccc(Cl)cc1C(O)C1CCN(C(=O)OC(C)(C)C)CC1.CC(C)(C)OC(=O)[n+]1ccc(C=O)cc1. The Hall–Kier alpha value is -4.92. The number of hydrogen-bond donors (Lipinski definition) is 3. The number of amides is 3. The second-order valence-corrected chi connectivity index (χ2v) is 18.8. The van der Waals surface area contributed by atoms with Crippen LogP contribution in [0.15, 0.2) is 67.0 Å². The molecule has 3 aromatic rings. The third-order valence-corrected chi connectivity index (χ3v) is 8.18. The van der Waals surface area contributed by atoms with Crippen molar-refractivity contribution < 1.29 is 52.6 Å². The van der Waals surface area contributed by atoms with Crippen molar-refractivity contribution in [1.82, 2.24) is 4.90 Å². The highest BCUT2D eigenvalue weighted by Gasteiger charge is 2.32. The van der Waals surface area contributed by atoms with E-state index >= 15 is 0 Å². The summed E-state index contributed by atoms with van der Waals surface area (Å²) >= 11 is 11.9. The number of rotatable bonds is 5. The van der Waals surface area contributed by atoms with E-state index in [1.807, 2.05) is 41.5 Å². The molecule has 4 rings (SSSR count). The van der Waals surface area contributed by atoms with E-state index in [-0.39, 0.29) is 12.0 Å². The fourth-order valence-electron chi connectivity index (χ4n) is 5.19. The Kier molecular flexibility index (Phi) is 18.8. The standard InChI is InChI=1S/C22H33ClN2O5.C11H14ClNO2.C11H14NO3/c1-21(2,3)29-19(27)24-17-8-7-15(23)13-16(17)18(26)14-9-11-25(12-10-14)20(28)30-22(4,5)6;1-11(2,3)15-10(14)13-9-6-4-8(12)5-7-9;1-11(2,3)15-10(14)12-6-4-9(8-13)5-7-12/h7-8,13-14,18,26H,9-12H2,1-6H3,(H,24,27);4-7H,1-3H3,(H,13,14);4-8H,1-3H3/q;;+1. The molecule has 1 atom stereocenters.